The Hall–Kier alpha value is -2.35. The number of aryl methyl sites for hydroxylation is 2. The third-order valence-corrected chi connectivity index (χ3v) is 9.26. The summed E-state index contributed by atoms with van der Waals surface area (Å²) in [6.45, 7) is 3.27. The van der Waals surface area contributed by atoms with E-state index in [1.807, 2.05) is 0 Å². The standard InChI is InChI=1S/C18H20N4O6S3/c1-10-16(11(2)28-21-10)31(26,27)22-8-4-5-14(22)17(23)20-18-19-13-7-6-12(30(3,24)25)9-15(13)29-18/h6-7,9,14H,4-5,8H2,1-3H3,(H,19,20,23)/t14-/m1/s1. The summed E-state index contributed by atoms with van der Waals surface area (Å²) < 4.78 is 56.6. The van der Waals surface area contributed by atoms with Crippen molar-refractivity contribution in [3.63, 3.8) is 0 Å². The fourth-order valence-corrected chi connectivity index (χ4v) is 7.21. The number of carbonyl (C=O) groups excluding carboxylic acids is 1. The normalized spacial score (nSPS) is 18.0. The molecule has 0 saturated carbocycles. The second-order valence-electron chi connectivity index (χ2n) is 7.34. The molecule has 1 aliphatic rings. The maximum absolute atomic E-state index is 13.2. The lowest BCUT2D eigenvalue weighted by Crippen LogP contribution is -2.43. The van der Waals surface area contributed by atoms with Crippen LogP contribution in [0, 0.1) is 13.8 Å². The van der Waals surface area contributed by atoms with Gasteiger partial charge in [0.1, 0.15) is 16.6 Å². The SMILES string of the molecule is Cc1noc(C)c1S(=O)(=O)N1CCC[C@@H]1C(=O)Nc1nc2ccc(S(C)(=O)=O)cc2s1. The van der Waals surface area contributed by atoms with Gasteiger partial charge in [-0.3, -0.25) is 4.79 Å². The second-order valence-corrected chi connectivity index (χ2v) is 12.2. The van der Waals surface area contributed by atoms with E-state index in [1.165, 1.54) is 23.4 Å². The predicted molar refractivity (Wildman–Crippen MR) is 114 cm³/mol. The number of rotatable bonds is 5. The average Bonchev–Trinajstić information content (AvgIpc) is 3.38. The highest BCUT2D eigenvalue weighted by Crippen LogP contribution is 2.32. The number of nitrogens with one attached hydrogen (secondary N) is 1. The van der Waals surface area contributed by atoms with Crippen molar-refractivity contribution in [2.75, 3.05) is 18.1 Å². The first-order valence-corrected chi connectivity index (χ1v) is 13.5. The van der Waals surface area contributed by atoms with Crippen molar-refractivity contribution in [2.24, 2.45) is 0 Å². The van der Waals surface area contributed by atoms with Crippen molar-refractivity contribution < 1.29 is 26.2 Å². The zero-order chi connectivity index (χ0) is 22.6. The second kappa shape index (κ2) is 7.65. The summed E-state index contributed by atoms with van der Waals surface area (Å²) in [7, 11) is -7.33. The molecular formula is C18H20N4O6S3. The summed E-state index contributed by atoms with van der Waals surface area (Å²) in [5.41, 5.74) is 0.788. The molecule has 0 radical (unpaired) electrons. The van der Waals surface area contributed by atoms with E-state index < -0.39 is 31.8 Å². The zero-order valence-corrected chi connectivity index (χ0v) is 19.4. The molecule has 1 amide bonds. The number of amides is 1. The molecular weight excluding hydrogens is 464 g/mol. The van der Waals surface area contributed by atoms with E-state index in [0.29, 0.717) is 23.1 Å². The molecule has 13 heteroatoms. The number of aromatic nitrogens is 2. The summed E-state index contributed by atoms with van der Waals surface area (Å²) in [6, 6.07) is 3.64. The fraction of sp³-hybridized carbons (Fsp3) is 0.389. The molecule has 0 unspecified atom stereocenters. The molecule has 1 atom stereocenters. The summed E-state index contributed by atoms with van der Waals surface area (Å²) in [4.78, 5) is 17.4. The molecule has 1 aliphatic heterocycles. The molecule has 0 spiro atoms. The minimum absolute atomic E-state index is 0.0134. The first-order chi connectivity index (χ1) is 14.5. The van der Waals surface area contributed by atoms with Crippen molar-refractivity contribution in [1.29, 1.82) is 0 Å². The largest absolute Gasteiger partial charge is 0.360 e. The molecule has 166 valence electrons. The van der Waals surface area contributed by atoms with Gasteiger partial charge in [0.25, 0.3) is 0 Å². The van der Waals surface area contributed by atoms with Gasteiger partial charge < -0.3 is 9.84 Å². The Bertz CT molecular complexity index is 1370. The van der Waals surface area contributed by atoms with Gasteiger partial charge in [-0.15, -0.1) is 0 Å². The number of benzene rings is 1. The van der Waals surface area contributed by atoms with Crippen LogP contribution in [0.3, 0.4) is 0 Å². The lowest BCUT2D eigenvalue weighted by molar-refractivity contribution is -0.119. The minimum Gasteiger partial charge on any atom is -0.360 e. The molecule has 1 saturated heterocycles. The van der Waals surface area contributed by atoms with Gasteiger partial charge in [-0.05, 0) is 44.9 Å². The topological polar surface area (TPSA) is 140 Å². The van der Waals surface area contributed by atoms with E-state index in [9.17, 15) is 21.6 Å². The quantitative estimate of drug-likeness (QED) is 0.581. The summed E-state index contributed by atoms with van der Waals surface area (Å²) >= 11 is 1.13. The van der Waals surface area contributed by atoms with Gasteiger partial charge in [-0.25, -0.2) is 21.8 Å². The molecule has 3 heterocycles. The molecule has 1 fully saturated rings. The number of thiazole rings is 1. The van der Waals surface area contributed by atoms with Crippen molar-refractivity contribution in [2.45, 2.75) is 42.5 Å². The Morgan fingerprint density at radius 3 is 2.65 bits per heavy atom. The molecule has 10 nitrogen and oxygen atoms in total. The first-order valence-electron chi connectivity index (χ1n) is 9.35. The van der Waals surface area contributed by atoms with Crippen LogP contribution >= 0.6 is 11.3 Å². The Labute approximate surface area is 183 Å². The van der Waals surface area contributed by atoms with E-state index >= 15 is 0 Å². The highest BCUT2D eigenvalue weighted by atomic mass is 32.2. The molecule has 0 aliphatic carbocycles. The van der Waals surface area contributed by atoms with Gasteiger partial charge in [0.15, 0.2) is 20.7 Å². The Balaban J connectivity index is 1.59. The van der Waals surface area contributed by atoms with Crippen molar-refractivity contribution >= 4 is 52.5 Å². The Morgan fingerprint density at radius 1 is 1.26 bits per heavy atom. The maximum Gasteiger partial charge on any atom is 0.249 e. The molecule has 0 bridgehead atoms. The molecule has 1 N–H and O–H groups in total. The maximum atomic E-state index is 13.2. The smallest absolute Gasteiger partial charge is 0.249 e. The first kappa shape index (κ1) is 21.9. The number of sulfone groups is 1. The number of anilines is 1. The van der Waals surface area contributed by atoms with Gasteiger partial charge in [0.2, 0.25) is 15.9 Å². The van der Waals surface area contributed by atoms with Crippen LogP contribution in [-0.2, 0) is 24.7 Å². The highest BCUT2D eigenvalue weighted by molar-refractivity contribution is 7.90. The van der Waals surface area contributed by atoms with Crippen molar-refractivity contribution in [3.05, 3.63) is 29.7 Å². The summed E-state index contributed by atoms with van der Waals surface area (Å²) in [5.74, 6) is -0.313. The minimum atomic E-state index is -3.96. The van der Waals surface area contributed by atoms with Gasteiger partial charge in [0, 0.05) is 12.8 Å². The number of hydrogen-bond acceptors (Lipinski definition) is 9. The van der Waals surface area contributed by atoms with Crippen LogP contribution in [-0.4, -0.2) is 56.0 Å². The summed E-state index contributed by atoms with van der Waals surface area (Å²) in [5, 5.41) is 6.66. The molecule has 31 heavy (non-hydrogen) atoms. The van der Waals surface area contributed by atoms with Gasteiger partial charge in [-0.1, -0.05) is 16.5 Å². The number of carbonyl (C=O) groups is 1. The highest BCUT2D eigenvalue weighted by Gasteiger charge is 2.42. The molecule has 2 aromatic heterocycles. The monoisotopic (exact) mass is 484 g/mol. The Kier molecular flexibility index (Phi) is 5.40. The lowest BCUT2D eigenvalue weighted by atomic mass is 10.2. The Morgan fingerprint density at radius 2 is 2.00 bits per heavy atom. The van der Waals surface area contributed by atoms with E-state index in [0.717, 1.165) is 17.6 Å². The van der Waals surface area contributed by atoms with Gasteiger partial charge in [-0.2, -0.15) is 4.31 Å². The number of hydrogen-bond donors (Lipinski definition) is 1. The van der Waals surface area contributed by atoms with Crippen LogP contribution in [0.15, 0.2) is 32.5 Å². The number of fused-ring (bicyclic) bond motifs is 1. The van der Waals surface area contributed by atoms with E-state index in [2.05, 4.69) is 15.5 Å². The molecule has 4 rings (SSSR count). The van der Waals surface area contributed by atoms with Gasteiger partial charge >= 0.3 is 0 Å². The van der Waals surface area contributed by atoms with Crippen LogP contribution in [0.1, 0.15) is 24.3 Å². The number of sulfonamides is 1. The third-order valence-electron chi connectivity index (χ3n) is 5.06. The molecule has 3 aromatic rings. The van der Waals surface area contributed by atoms with Crippen LogP contribution in [0.25, 0.3) is 10.2 Å². The number of nitrogens with zero attached hydrogens (tertiary/aromatic N) is 3. The molecule has 1 aromatic carbocycles. The third kappa shape index (κ3) is 3.97. The van der Waals surface area contributed by atoms with Crippen LogP contribution < -0.4 is 5.32 Å². The average molecular weight is 485 g/mol. The van der Waals surface area contributed by atoms with Crippen LogP contribution in [0.4, 0.5) is 5.13 Å². The fourth-order valence-electron chi connectivity index (χ4n) is 3.63. The van der Waals surface area contributed by atoms with Crippen molar-refractivity contribution in [3.8, 4) is 0 Å². The summed E-state index contributed by atoms with van der Waals surface area (Å²) in [6.07, 6.45) is 2.03. The van der Waals surface area contributed by atoms with E-state index in [4.69, 9.17) is 4.52 Å². The van der Waals surface area contributed by atoms with Crippen LogP contribution in [0.2, 0.25) is 0 Å². The van der Waals surface area contributed by atoms with Crippen molar-refractivity contribution in [1.82, 2.24) is 14.4 Å². The van der Waals surface area contributed by atoms with E-state index in [-0.39, 0.29) is 32.9 Å². The predicted octanol–water partition coefficient (Wildman–Crippen LogP) is 2.10. The lowest BCUT2D eigenvalue weighted by Gasteiger charge is -2.22. The zero-order valence-electron chi connectivity index (χ0n) is 16.9. The van der Waals surface area contributed by atoms with E-state index in [1.54, 1.807) is 13.0 Å². The van der Waals surface area contributed by atoms with Crippen LogP contribution in [0.5, 0.6) is 0 Å². The van der Waals surface area contributed by atoms with Gasteiger partial charge in [0.05, 0.1) is 15.1 Å².